The van der Waals surface area contributed by atoms with Gasteiger partial charge in [-0.05, 0) is 31.9 Å². The molecule has 1 aromatic carbocycles. The van der Waals surface area contributed by atoms with Crippen molar-refractivity contribution in [2.75, 3.05) is 18.1 Å². The summed E-state index contributed by atoms with van der Waals surface area (Å²) in [6.07, 6.45) is 0.247. The highest BCUT2D eigenvalue weighted by molar-refractivity contribution is 6.01. The molecule has 1 saturated heterocycles. The Morgan fingerprint density at radius 1 is 1.35 bits per heavy atom. The molecule has 2 rings (SSSR count). The zero-order chi connectivity index (χ0) is 17.0. The number of amides is 2. The second-order valence-electron chi connectivity index (χ2n) is 6.35. The Kier molecular flexibility index (Phi) is 5.64. The Morgan fingerprint density at radius 2 is 2.04 bits per heavy atom. The van der Waals surface area contributed by atoms with Crippen molar-refractivity contribution in [2.24, 2.45) is 11.8 Å². The van der Waals surface area contributed by atoms with Crippen LogP contribution >= 0.6 is 0 Å². The summed E-state index contributed by atoms with van der Waals surface area (Å²) in [6, 6.07) is 7.56. The molecule has 1 aliphatic rings. The summed E-state index contributed by atoms with van der Waals surface area (Å²) in [7, 11) is 0. The van der Waals surface area contributed by atoms with E-state index in [1.165, 1.54) is 0 Å². The minimum absolute atomic E-state index is 0.0329. The minimum Gasteiger partial charge on any atom is -0.492 e. The highest BCUT2D eigenvalue weighted by Gasteiger charge is 2.36. The van der Waals surface area contributed by atoms with Crippen LogP contribution < -0.4 is 15.0 Å². The van der Waals surface area contributed by atoms with Crippen molar-refractivity contribution in [1.82, 2.24) is 5.32 Å². The van der Waals surface area contributed by atoms with Gasteiger partial charge >= 0.3 is 0 Å². The quantitative estimate of drug-likeness (QED) is 0.877. The van der Waals surface area contributed by atoms with Crippen molar-refractivity contribution < 1.29 is 14.3 Å². The predicted octanol–water partition coefficient (Wildman–Crippen LogP) is 2.60. The number of hydrogen-bond acceptors (Lipinski definition) is 3. The van der Waals surface area contributed by atoms with Gasteiger partial charge in [0.2, 0.25) is 11.8 Å². The summed E-state index contributed by atoms with van der Waals surface area (Å²) in [6.45, 7) is 8.97. The summed E-state index contributed by atoms with van der Waals surface area (Å²) in [5.41, 5.74) is 0.742. The maximum absolute atomic E-state index is 12.4. The Balaban J connectivity index is 2.10. The number of rotatable bonds is 6. The molecular formula is C18H26N2O3. The van der Waals surface area contributed by atoms with Crippen molar-refractivity contribution in [2.45, 2.75) is 40.2 Å². The maximum atomic E-state index is 12.4. The molecule has 2 atom stereocenters. The fourth-order valence-electron chi connectivity index (χ4n) is 2.58. The van der Waals surface area contributed by atoms with Crippen LogP contribution in [0.5, 0.6) is 5.75 Å². The number of para-hydroxylation sites is 2. The van der Waals surface area contributed by atoms with Crippen LogP contribution in [0.1, 0.15) is 34.1 Å². The van der Waals surface area contributed by atoms with E-state index in [0.717, 1.165) is 5.69 Å². The predicted molar refractivity (Wildman–Crippen MR) is 90.5 cm³/mol. The zero-order valence-corrected chi connectivity index (χ0v) is 14.3. The standard InChI is InChI=1S/C18H26N2O3/c1-5-23-16-9-7-6-8-15(16)20-11-14(10-17(20)21)18(22)19-13(4)12(2)3/h6-9,12-14H,5,10-11H2,1-4H3,(H,19,22). The number of carbonyl (C=O) groups is 2. The largest absolute Gasteiger partial charge is 0.492 e. The summed E-state index contributed by atoms with van der Waals surface area (Å²) in [5, 5.41) is 3.00. The molecule has 2 amide bonds. The third-order valence-electron chi connectivity index (χ3n) is 4.32. The summed E-state index contributed by atoms with van der Waals surface area (Å²) < 4.78 is 5.60. The van der Waals surface area contributed by atoms with Crippen LogP contribution in [-0.4, -0.2) is 31.0 Å². The first-order valence-electron chi connectivity index (χ1n) is 8.26. The number of ether oxygens (including phenoxy) is 1. The summed E-state index contributed by atoms with van der Waals surface area (Å²) in [5.74, 6) is 0.662. The molecule has 126 valence electrons. The van der Waals surface area contributed by atoms with Crippen LogP contribution in [-0.2, 0) is 9.59 Å². The molecule has 1 heterocycles. The average molecular weight is 318 g/mol. The van der Waals surface area contributed by atoms with E-state index in [0.29, 0.717) is 24.8 Å². The van der Waals surface area contributed by atoms with Crippen molar-refractivity contribution in [3.8, 4) is 5.75 Å². The molecule has 0 aromatic heterocycles. The lowest BCUT2D eigenvalue weighted by atomic mass is 10.0. The van der Waals surface area contributed by atoms with E-state index in [2.05, 4.69) is 19.2 Å². The first-order valence-corrected chi connectivity index (χ1v) is 8.26. The third-order valence-corrected chi connectivity index (χ3v) is 4.32. The van der Waals surface area contributed by atoms with Gasteiger partial charge in [0.05, 0.1) is 18.2 Å². The number of nitrogens with zero attached hydrogens (tertiary/aromatic N) is 1. The minimum atomic E-state index is -0.307. The van der Waals surface area contributed by atoms with Gasteiger partial charge in [0.1, 0.15) is 5.75 Å². The van der Waals surface area contributed by atoms with Gasteiger partial charge in [-0.3, -0.25) is 9.59 Å². The lowest BCUT2D eigenvalue weighted by Gasteiger charge is -2.21. The van der Waals surface area contributed by atoms with E-state index in [-0.39, 0.29) is 30.2 Å². The molecular weight excluding hydrogens is 292 g/mol. The highest BCUT2D eigenvalue weighted by Crippen LogP contribution is 2.33. The fraction of sp³-hybridized carbons (Fsp3) is 0.556. The Morgan fingerprint density at radius 3 is 2.70 bits per heavy atom. The van der Waals surface area contributed by atoms with Crippen LogP contribution in [0.2, 0.25) is 0 Å². The van der Waals surface area contributed by atoms with Gasteiger partial charge in [-0.2, -0.15) is 0 Å². The smallest absolute Gasteiger partial charge is 0.227 e. The topological polar surface area (TPSA) is 58.6 Å². The molecule has 5 nitrogen and oxygen atoms in total. The van der Waals surface area contributed by atoms with Gasteiger partial charge in [0, 0.05) is 19.0 Å². The molecule has 2 unspecified atom stereocenters. The van der Waals surface area contributed by atoms with Gasteiger partial charge in [-0.15, -0.1) is 0 Å². The Labute approximate surface area is 138 Å². The maximum Gasteiger partial charge on any atom is 0.227 e. The molecule has 1 aliphatic heterocycles. The normalized spacial score (nSPS) is 19.1. The molecule has 0 bridgehead atoms. The van der Waals surface area contributed by atoms with Crippen LogP contribution in [0.4, 0.5) is 5.69 Å². The Bertz CT molecular complexity index is 571. The van der Waals surface area contributed by atoms with E-state index >= 15 is 0 Å². The first-order chi connectivity index (χ1) is 10.9. The lowest BCUT2D eigenvalue weighted by molar-refractivity contribution is -0.127. The van der Waals surface area contributed by atoms with Gasteiger partial charge in [-0.25, -0.2) is 0 Å². The van der Waals surface area contributed by atoms with Gasteiger partial charge in [-0.1, -0.05) is 26.0 Å². The Hall–Kier alpha value is -2.04. The fourth-order valence-corrected chi connectivity index (χ4v) is 2.58. The molecule has 0 aliphatic carbocycles. The van der Waals surface area contributed by atoms with Gasteiger partial charge < -0.3 is 15.0 Å². The number of benzene rings is 1. The zero-order valence-electron chi connectivity index (χ0n) is 14.3. The van der Waals surface area contributed by atoms with Crippen LogP contribution in [0.25, 0.3) is 0 Å². The number of anilines is 1. The van der Waals surface area contributed by atoms with E-state index in [4.69, 9.17) is 4.74 Å². The number of hydrogen-bond donors (Lipinski definition) is 1. The van der Waals surface area contributed by atoms with E-state index in [9.17, 15) is 9.59 Å². The van der Waals surface area contributed by atoms with Crippen LogP contribution in [0, 0.1) is 11.8 Å². The lowest BCUT2D eigenvalue weighted by Crippen LogP contribution is -2.40. The number of nitrogens with one attached hydrogen (secondary N) is 1. The molecule has 0 saturated carbocycles. The van der Waals surface area contributed by atoms with Crippen molar-refractivity contribution in [3.63, 3.8) is 0 Å². The SMILES string of the molecule is CCOc1ccccc1N1CC(C(=O)NC(C)C(C)C)CC1=O. The molecule has 1 aromatic rings. The van der Waals surface area contributed by atoms with Crippen molar-refractivity contribution in [1.29, 1.82) is 0 Å². The van der Waals surface area contributed by atoms with E-state index < -0.39 is 0 Å². The average Bonchev–Trinajstić information content (AvgIpc) is 2.90. The third kappa shape index (κ3) is 4.03. The van der Waals surface area contributed by atoms with Gasteiger partial charge in [0.15, 0.2) is 0 Å². The van der Waals surface area contributed by atoms with Gasteiger partial charge in [0.25, 0.3) is 0 Å². The summed E-state index contributed by atoms with van der Waals surface area (Å²) >= 11 is 0. The monoisotopic (exact) mass is 318 g/mol. The van der Waals surface area contributed by atoms with E-state index in [1.54, 1.807) is 4.90 Å². The van der Waals surface area contributed by atoms with Crippen LogP contribution in [0.3, 0.4) is 0 Å². The molecule has 23 heavy (non-hydrogen) atoms. The molecule has 0 spiro atoms. The summed E-state index contributed by atoms with van der Waals surface area (Å²) in [4.78, 5) is 26.4. The first kappa shape index (κ1) is 17.3. The van der Waals surface area contributed by atoms with Crippen molar-refractivity contribution >= 4 is 17.5 Å². The molecule has 0 radical (unpaired) electrons. The van der Waals surface area contributed by atoms with E-state index in [1.807, 2.05) is 38.1 Å². The molecule has 1 fully saturated rings. The molecule has 1 N–H and O–H groups in total. The second kappa shape index (κ2) is 7.49. The van der Waals surface area contributed by atoms with Crippen LogP contribution in [0.15, 0.2) is 24.3 Å². The highest BCUT2D eigenvalue weighted by atomic mass is 16.5. The second-order valence-corrected chi connectivity index (χ2v) is 6.35. The van der Waals surface area contributed by atoms with Crippen molar-refractivity contribution in [3.05, 3.63) is 24.3 Å². The molecule has 5 heteroatoms. The number of carbonyl (C=O) groups excluding carboxylic acids is 2.